The monoisotopic (exact) mass is 353 g/mol. The number of nitrogen functional groups attached to an aromatic ring is 1. The summed E-state index contributed by atoms with van der Waals surface area (Å²) in [4.78, 5) is 5.30. The summed E-state index contributed by atoms with van der Waals surface area (Å²) >= 11 is 5.08. The molecule has 20 heavy (non-hydrogen) atoms. The van der Waals surface area contributed by atoms with Crippen molar-refractivity contribution in [1.82, 2.24) is 20.5 Å². The van der Waals surface area contributed by atoms with Gasteiger partial charge in [-0.15, -0.1) is 11.8 Å². The summed E-state index contributed by atoms with van der Waals surface area (Å²) in [6, 6.07) is 7.92. The highest BCUT2D eigenvalue weighted by atomic mass is 79.9. The van der Waals surface area contributed by atoms with Gasteiger partial charge in [0, 0.05) is 9.37 Å². The van der Waals surface area contributed by atoms with Gasteiger partial charge in [-0.1, -0.05) is 17.3 Å². The molecule has 0 aliphatic heterocycles. The average Bonchev–Trinajstić information content (AvgIpc) is 3.06. The molecule has 102 valence electrons. The summed E-state index contributed by atoms with van der Waals surface area (Å²) in [5, 5.41) is 10.9. The molecule has 0 spiro atoms. The summed E-state index contributed by atoms with van der Waals surface area (Å²) < 4.78 is 10.6. The van der Waals surface area contributed by atoms with E-state index in [0.29, 0.717) is 11.6 Å². The van der Waals surface area contributed by atoms with Crippen molar-refractivity contribution in [2.24, 2.45) is 0 Å². The Morgan fingerprint density at radius 1 is 1.20 bits per heavy atom. The third kappa shape index (κ3) is 2.68. The number of halogens is 1. The summed E-state index contributed by atoms with van der Waals surface area (Å²) in [5.41, 5.74) is 5.82. The first-order valence-electron chi connectivity index (χ1n) is 5.52. The minimum atomic E-state index is 0.124. The molecule has 7 nitrogen and oxygen atoms in total. The third-order valence-electron chi connectivity index (χ3n) is 2.38. The van der Waals surface area contributed by atoms with E-state index >= 15 is 0 Å². The second kappa shape index (κ2) is 5.63. The number of thioether (sulfide) groups is 1. The smallest absolute Gasteiger partial charge is 0.284 e. The van der Waals surface area contributed by atoms with Gasteiger partial charge in [-0.2, -0.15) is 4.98 Å². The Bertz CT molecular complexity index is 729. The largest absolute Gasteiger partial charge is 0.379 e. The minimum absolute atomic E-state index is 0.124. The lowest BCUT2D eigenvalue weighted by Gasteiger charge is -2.00. The van der Waals surface area contributed by atoms with Gasteiger partial charge in [0.15, 0.2) is 5.82 Å². The van der Waals surface area contributed by atoms with Crippen molar-refractivity contribution in [2.75, 3.05) is 5.73 Å². The summed E-state index contributed by atoms with van der Waals surface area (Å²) in [7, 11) is 0. The first-order chi connectivity index (χ1) is 9.74. The van der Waals surface area contributed by atoms with E-state index in [1.54, 1.807) is 11.8 Å². The maximum atomic E-state index is 5.56. The van der Waals surface area contributed by atoms with Crippen molar-refractivity contribution in [3.05, 3.63) is 34.6 Å². The highest BCUT2D eigenvalue weighted by Crippen LogP contribution is 2.29. The molecule has 1 aromatic carbocycles. The molecule has 0 amide bonds. The van der Waals surface area contributed by atoms with Crippen molar-refractivity contribution in [1.29, 1.82) is 0 Å². The molecule has 0 aliphatic rings. The molecule has 3 aromatic rings. The van der Waals surface area contributed by atoms with E-state index in [9.17, 15) is 0 Å². The lowest BCUT2D eigenvalue weighted by atomic mass is 10.4. The molecule has 0 aliphatic carbocycles. The molecule has 0 saturated heterocycles. The summed E-state index contributed by atoms with van der Waals surface area (Å²) in [6.07, 6.45) is 0. The molecular formula is C11H8BrN5O2S. The lowest BCUT2D eigenvalue weighted by Crippen LogP contribution is -1.89. The van der Waals surface area contributed by atoms with Crippen LogP contribution in [-0.4, -0.2) is 20.5 Å². The van der Waals surface area contributed by atoms with E-state index in [1.165, 1.54) is 0 Å². The van der Waals surface area contributed by atoms with Gasteiger partial charge >= 0.3 is 0 Å². The first-order valence-corrected chi connectivity index (χ1v) is 7.30. The van der Waals surface area contributed by atoms with Crippen LogP contribution in [0.1, 0.15) is 5.82 Å². The van der Waals surface area contributed by atoms with Crippen LogP contribution >= 0.6 is 27.7 Å². The van der Waals surface area contributed by atoms with Crippen molar-refractivity contribution < 1.29 is 9.15 Å². The quantitative estimate of drug-likeness (QED) is 0.713. The number of nitrogens with zero attached hydrogens (tertiary/aromatic N) is 4. The molecule has 0 atom stereocenters. The number of hydrogen-bond acceptors (Lipinski definition) is 8. The third-order valence-corrected chi connectivity index (χ3v) is 4.40. The second-order valence-corrected chi connectivity index (χ2v) is 5.60. The molecule has 0 bridgehead atoms. The Hall–Kier alpha value is -1.87. The Labute approximate surface area is 126 Å². The van der Waals surface area contributed by atoms with E-state index < -0.39 is 0 Å². The SMILES string of the molecule is Nc1nonc1-c1nc(CSc2ccccc2Br)no1. The zero-order valence-electron chi connectivity index (χ0n) is 9.99. The fraction of sp³-hybridized carbons (Fsp3) is 0.0909. The Kier molecular flexibility index (Phi) is 3.70. The summed E-state index contributed by atoms with van der Waals surface area (Å²) in [5.74, 6) is 1.44. The van der Waals surface area contributed by atoms with Crippen LogP contribution in [0, 0.1) is 0 Å². The normalized spacial score (nSPS) is 10.8. The van der Waals surface area contributed by atoms with Gasteiger partial charge in [0.25, 0.3) is 5.89 Å². The molecule has 0 saturated carbocycles. The number of aromatic nitrogens is 4. The van der Waals surface area contributed by atoms with E-state index in [4.69, 9.17) is 10.3 Å². The number of nitrogens with two attached hydrogens (primary N) is 1. The van der Waals surface area contributed by atoms with Crippen LogP contribution in [0.4, 0.5) is 5.82 Å². The highest BCUT2D eigenvalue weighted by Gasteiger charge is 2.17. The highest BCUT2D eigenvalue weighted by molar-refractivity contribution is 9.10. The van der Waals surface area contributed by atoms with Crippen LogP contribution in [0.3, 0.4) is 0 Å². The van der Waals surface area contributed by atoms with Gasteiger partial charge in [0.2, 0.25) is 11.5 Å². The fourth-order valence-corrected chi connectivity index (χ4v) is 2.87. The van der Waals surface area contributed by atoms with Crippen LogP contribution in [0.2, 0.25) is 0 Å². The zero-order valence-corrected chi connectivity index (χ0v) is 12.4. The number of benzene rings is 1. The van der Waals surface area contributed by atoms with E-state index in [-0.39, 0.29) is 17.4 Å². The topological polar surface area (TPSA) is 104 Å². The average molecular weight is 354 g/mol. The predicted molar refractivity (Wildman–Crippen MR) is 75.7 cm³/mol. The maximum Gasteiger partial charge on any atom is 0.284 e. The van der Waals surface area contributed by atoms with Crippen molar-refractivity contribution in [2.45, 2.75) is 10.6 Å². The molecule has 2 aromatic heterocycles. The van der Waals surface area contributed by atoms with Crippen LogP contribution in [0.25, 0.3) is 11.6 Å². The Morgan fingerprint density at radius 3 is 2.80 bits per heavy atom. The van der Waals surface area contributed by atoms with Gasteiger partial charge < -0.3 is 10.3 Å². The van der Waals surface area contributed by atoms with Crippen LogP contribution in [-0.2, 0) is 5.75 Å². The molecule has 2 heterocycles. The minimum Gasteiger partial charge on any atom is -0.379 e. The van der Waals surface area contributed by atoms with E-state index in [1.807, 2.05) is 24.3 Å². The zero-order chi connectivity index (χ0) is 13.9. The predicted octanol–water partition coefficient (Wildman–Crippen LogP) is 2.76. The molecule has 3 rings (SSSR count). The van der Waals surface area contributed by atoms with Crippen LogP contribution in [0.15, 0.2) is 42.8 Å². The maximum absolute atomic E-state index is 5.56. The standard InChI is InChI=1S/C11H8BrN5O2S/c12-6-3-1-2-4-7(6)20-5-8-14-11(18-15-8)9-10(13)17-19-16-9/h1-4H,5H2,(H2,13,17). The van der Waals surface area contributed by atoms with Crippen LogP contribution in [0.5, 0.6) is 0 Å². The van der Waals surface area contributed by atoms with Gasteiger partial charge in [-0.3, -0.25) is 0 Å². The van der Waals surface area contributed by atoms with Gasteiger partial charge in [0.05, 0.1) is 5.75 Å². The summed E-state index contributed by atoms with van der Waals surface area (Å²) in [6.45, 7) is 0. The first kappa shape index (κ1) is 13.1. The molecule has 2 N–H and O–H groups in total. The molecule has 0 fully saturated rings. The van der Waals surface area contributed by atoms with Crippen molar-refractivity contribution in [3.8, 4) is 11.6 Å². The van der Waals surface area contributed by atoms with E-state index in [0.717, 1.165) is 9.37 Å². The lowest BCUT2D eigenvalue weighted by molar-refractivity contribution is 0.308. The molecule has 0 radical (unpaired) electrons. The van der Waals surface area contributed by atoms with Gasteiger partial charge in [0.1, 0.15) is 0 Å². The number of rotatable bonds is 4. The van der Waals surface area contributed by atoms with Crippen molar-refractivity contribution >= 4 is 33.5 Å². The number of hydrogen-bond donors (Lipinski definition) is 1. The molecule has 0 unspecified atom stereocenters. The van der Waals surface area contributed by atoms with Gasteiger partial charge in [-0.05, 0) is 38.4 Å². The van der Waals surface area contributed by atoms with Crippen LogP contribution < -0.4 is 5.73 Å². The van der Waals surface area contributed by atoms with Gasteiger partial charge in [-0.25, -0.2) is 4.63 Å². The Balaban J connectivity index is 1.72. The fourth-order valence-electron chi connectivity index (χ4n) is 1.46. The molecule has 9 heteroatoms. The second-order valence-electron chi connectivity index (χ2n) is 3.73. The number of anilines is 1. The van der Waals surface area contributed by atoms with E-state index in [2.05, 4.69) is 41.0 Å². The molecular weight excluding hydrogens is 346 g/mol. The Morgan fingerprint density at radius 2 is 2.05 bits per heavy atom. The van der Waals surface area contributed by atoms with Crippen molar-refractivity contribution in [3.63, 3.8) is 0 Å².